The molecular formula is C12H17BrO3. The largest absolute Gasteiger partial charge is 0.503 e. The number of aryl methyl sites for hydroxylation is 1. The fourth-order valence-electron chi connectivity index (χ4n) is 1.41. The van der Waals surface area contributed by atoms with E-state index in [1.807, 2.05) is 19.1 Å². The van der Waals surface area contributed by atoms with E-state index in [9.17, 15) is 10.2 Å². The molecule has 0 aliphatic rings. The highest BCUT2D eigenvalue weighted by Crippen LogP contribution is 2.35. The van der Waals surface area contributed by atoms with Gasteiger partial charge in [-0.05, 0) is 60.3 Å². The van der Waals surface area contributed by atoms with E-state index in [1.54, 1.807) is 6.92 Å². The Morgan fingerprint density at radius 3 is 2.69 bits per heavy atom. The molecule has 0 unspecified atom stereocenters. The van der Waals surface area contributed by atoms with Gasteiger partial charge in [-0.2, -0.15) is 0 Å². The van der Waals surface area contributed by atoms with Gasteiger partial charge in [0, 0.05) is 0 Å². The summed E-state index contributed by atoms with van der Waals surface area (Å²) in [7, 11) is 0. The lowest BCUT2D eigenvalue weighted by molar-refractivity contribution is 0.185. The molecule has 1 aromatic rings. The van der Waals surface area contributed by atoms with Crippen molar-refractivity contribution >= 4 is 15.9 Å². The lowest BCUT2D eigenvalue weighted by atomic mass is 10.1. The summed E-state index contributed by atoms with van der Waals surface area (Å²) in [4.78, 5) is 0. The van der Waals surface area contributed by atoms with E-state index in [-0.39, 0.29) is 11.9 Å². The standard InChI is InChI=1S/C12H17BrO3/c1-3-16-11-7-9(5-4-8(2)14)6-10(13)12(11)15/h6-8,14-15H,3-5H2,1-2H3/t8-/m0/s1. The fraction of sp³-hybridized carbons (Fsp3) is 0.500. The predicted octanol–water partition coefficient (Wildman–Crippen LogP) is 2.87. The molecule has 0 aliphatic carbocycles. The number of aliphatic hydroxyl groups is 1. The van der Waals surface area contributed by atoms with Crippen LogP contribution in [0.25, 0.3) is 0 Å². The molecule has 4 heteroatoms. The summed E-state index contributed by atoms with van der Waals surface area (Å²) in [5, 5.41) is 18.9. The van der Waals surface area contributed by atoms with Crippen molar-refractivity contribution in [2.24, 2.45) is 0 Å². The van der Waals surface area contributed by atoms with E-state index >= 15 is 0 Å². The lowest BCUT2D eigenvalue weighted by Gasteiger charge is -2.11. The first-order valence-corrected chi connectivity index (χ1v) is 6.16. The SMILES string of the molecule is CCOc1cc(CC[C@H](C)O)cc(Br)c1O. The number of halogens is 1. The number of phenolic OH excluding ortho intramolecular Hbond substituents is 1. The van der Waals surface area contributed by atoms with Crippen LogP contribution in [0.15, 0.2) is 16.6 Å². The summed E-state index contributed by atoms with van der Waals surface area (Å²) in [5.41, 5.74) is 1.04. The first kappa shape index (κ1) is 13.3. The number of hydrogen-bond acceptors (Lipinski definition) is 3. The van der Waals surface area contributed by atoms with Crippen LogP contribution in [0.4, 0.5) is 0 Å². The van der Waals surface area contributed by atoms with E-state index in [0.29, 0.717) is 23.2 Å². The Morgan fingerprint density at radius 1 is 1.44 bits per heavy atom. The highest BCUT2D eigenvalue weighted by molar-refractivity contribution is 9.10. The van der Waals surface area contributed by atoms with Crippen molar-refractivity contribution in [3.8, 4) is 11.5 Å². The topological polar surface area (TPSA) is 49.7 Å². The van der Waals surface area contributed by atoms with Crippen LogP contribution in [0, 0.1) is 0 Å². The second kappa shape index (κ2) is 6.11. The minimum absolute atomic E-state index is 0.127. The minimum atomic E-state index is -0.317. The van der Waals surface area contributed by atoms with Gasteiger partial charge in [0.2, 0.25) is 0 Å². The molecule has 16 heavy (non-hydrogen) atoms. The first-order chi connectivity index (χ1) is 7.54. The Kier molecular flexibility index (Phi) is 5.09. The van der Waals surface area contributed by atoms with Crippen LogP contribution >= 0.6 is 15.9 Å². The van der Waals surface area contributed by atoms with Crippen LogP contribution in [0.3, 0.4) is 0 Å². The van der Waals surface area contributed by atoms with Crippen molar-refractivity contribution in [2.75, 3.05) is 6.61 Å². The summed E-state index contributed by atoms with van der Waals surface area (Å²) in [6.45, 7) is 4.15. The number of hydrogen-bond donors (Lipinski definition) is 2. The maximum absolute atomic E-state index is 9.71. The highest BCUT2D eigenvalue weighted by Gasteiger charge is 2.09. The summed E-state index contributed by atoms with van der Waals surface area (Å²) < 4.78 is 5.95. The molecule has 2 N–H and O–H groups in total. The summed E-state index contributed by atoms with van der Waals surface area (Å²) in [5.74, 6) is 0.611. The fourth-order valence-corrected chi connectivity index (χ4v) is 1.90. The van der Waals surface area contributed by atoms with Crippen LogP contribution in [0.2, 0.25) is 0 Å². The summed E-state index contributed by atoms with van der Waals surface area (Å²) in [6.07, 6.45) is 1.14. The van der Waals surface area contributed by atoms with Gasteiger partial charge in [0.15, 0.2) is 11.5 Å². The van der Waals surface area contributed by atoms with E-state index in [0.717, 1.165) is 12.0 Å². The van der Waals surface area contributed by atoms with Crippen LogP contribution in [0.1, 0.15) is 25.8 Å². The van der Waals surface area contributed by atoms with Crippen LogP contribution in [0.5, 0.6) is 11.5 Å². The van der Waals surface area contributed by atoms with E-state index in [2.05, 4.69) is 15.9 Å². The third-order valence-electron chi connectivity index (χ3n) is 2.24. The van der Waals surface area contributed by atoms with E-state index in [4.69, 9.17) is 4.74 Å². The van der Waals surface area contributed by atoms with Gasteiger partial charge in [0.25, 0.3) is 0 Å². The number of aromatic hydroxyl groups is 1. The van der Waals surface area contributed by atoms with E-state index in [1.165, 1.54) is 0 Å². The molecule has 3 nitrogen and oxygen atoms in total. The normalized spacial score (nSPS) is 12.5. The van der Waals surface area contributed by atoms with Gasteiger partial charge in [-0.15, -0.1) is 0 Å². The Morgan fingerprint density at radius 2 is 2.12 bits per heavy atom. The third-order valence-corrected chi connectivity index (χ3v) is 2.84. The van der Waals surface area contributed by atoms with Gasteiger partial charge in [-0.25, -0.2) is 0 Å². The van der Waals surface area contributed by atoms with Crippen molar-refractivity contribution in [3.63, 3.8) is 0 Å². The molecule has 1 rings (SSSR count). The lowest BCUT2D eigenvalue weighted by Crippen LogP contribution is -2.02. The molecule has 0 saturated carbocycles. The molecule has 0 radical (unpaired) electrons. The Labute approximate surface area is 104 Å². The molecule has 90 valence electrons. The van der Waals surface area contributed by atoms with Crippen molar-refractivity contribution in [1.82, 2.24) is 0 Å². The maximum Gasteiger partial charge on any atom is 0.172 e. The molecule has 0 heterocycles. The maximum atomic E-state index is 9.71. The van der Waals surface area contributed by atoms with Crippen molar-refractivity contribution in [2.45, 2.75) is 32.8 Å². The van der Waals surface area contributed by atoms with Gasteiger partial charge in [-0.1, -0.05) is 0 Å². The molecule has 0 bridgehead atoms. The summed E-state index contributed by atoms with van der Waals surface area (Å²) >= 11 is 3.28. The van der Waals surface area contributed by atoms with Gasteiger partial charge in [-0.3, -0.25) is 0 Å². The zero-order chi connectivity index (χ0) is 12.1. The number of aliphatic hydroxyl groups excluding tert-OH is 1. The minimum Gasteiger partial charge on any atom is -0.503 e. The zero-order valence-corrected chi connectivity index (χ0v) is 11.1. The van der Waals surface area contributed by atoms with Gasteiger partial charge >= 0.3 is 0 Å². The molecule has 0 fully saturated rings. The quantitative estimate of drug-likeness (QED) is 0.876. The molecular weight excluding hydrogens is 272 g/mol. The van der Waals surface area contributed by atoms with Crippen LogP contribution in [-0.4, -0.2) is 22.9 Å². The van der Waals surface area contributed by atoms with Crippen molar-refractivity contribution in [3.05, 3.63) is 22.2 Å². The van der Waals surface area contributed by atoms with Crippen molar-refractivity contribution < 1.29 is 14.9 Å². The van der Waals surface area contributed by atoms with Gasteiger partial charge < -0.3 is 14.9 Å². The number of ether oxygens (including phenoxy) is 1. The van der Waals surface area contributed by atoms with Gasteiger partial charge in [0.05, 0.1) is 17.2 Å². The Hall–Kier alpha value is -0.740. The molecule has 1 atom stereocenters. The molecule has 0 aromatic heterocycles. The Bertz CT molecular complexity index is 350. The number of benzene rings is 1. The molecule has 0 aliphatic heterocycles. The second-order valence-corrected chi connectivity index (χ2v) is 4.60. The summed E-state index contributed by atoms with van der Waals surface area (Å²) in [6, 6.07) is 3.66. The van der Waals surface area contributed by atoms with Gasteiger partial charge in [0.1, 0.15) is 0 Å². The average molecular weight is 289 g/mol. The third kappa shape index (κ3) is 3.68. The molecule has 0 spiro atoms. The molecule has 0 amide bonds. The highest BCUT2D eigenvalue weighted by atomic mass is 79.9. The molecule has 0 saturated heterocycles. The Balaban J connectivity index is 2.86. The predicted molar refractivity (Wildman–Crippen MR) is 67.0 cm³/mol. The number of phenols is 1. The number of rotatable bonds is 5. The molecule has 1 aromatic carbocycles. The zero-order valence-electron chi connectivity index (χ0n) is 9.53. The first-order valence-electron chi connectivity index (χ1n) is 5.36. The van der Waals surface area contributed by atoms with Crippen LogP contribution < -0.4 is 4.74 Å². The average Bonchev–Trinajstić information content (AvgIpc) is 2.22. The second-order valence-electron chi connectivity index (χ2n) is 3.75. The van der Waals surface area contributed by atoms with Crippen molar-refractivity contribution in [1.29, 1.82) is 0 Å². The monoisotopic (exact) mass is 288 g/mol. The van der Waals surface area contributed by atoms with E-state index < -0.39 is 0 Å². The smallest absolute Gasteiger partial charge is 0.172 e. The van der Waals surface area contributed by atoms with Crippen LogP contribution in [-0.2, 0) is 6.42 Å².